The molecule has 1 spiro atoms. The first kappa shape index (κ1) is 10.5. The van der Waals surface area contributed by atoms with Crippen LogP contribution in [0.1, 0.15) is 45.4 Å². The average Bonchev–Trinajstić information content (AvgIpc) is 2.39. The summed E-state index contributed by atoms with van der Waals surface area (Å²) in [5.41, 5.74) is -0.360. The fraction of sp³-hybridized carbons (Fsp3) is 0.818. The largest absolute Gasteiger partial charge is 0.325 e. The van der Waals surface area contributed by atoms with Crippen LogP contribution in [0.15, 0.2) is 0 Å². The lowest BCUT2D eigenvalue weighted by Gasteiger charge is -2.25. The number of hydrogen-bond donors (Lipinski definition) is 3. The lowest BCUT2D eigenvalue weighted by Crippen LogP contribution is -2.45. The van der Waals surface area contributed by atoms with Gasteiger partial charge in [0.05, 0.1) is 5.54 Å². The lowest BCUT2D eigenvalue weighted by molar-refractivity contribution is 0.242. The van der Waals surface area contributed by atoms with E-state index in [1.807, 2.05) is 0 Å². The summed E-state index contributed by atoms with van der Waals surface area (Å²) in [5.74, 6) is 1.15. The fourth-order valence-electron chi connectivity index (χ4n) is 2.74. The zero-order valence-corrected chi connectivity index (χ0v) is 9.23. The number of amides is 2. The number of carbonyl (C=O) groups is 1. The van der Waals surface area contributed by atoms with Gasteiger partial charge in [0.25, 0.3) is 0 Å². The van der Waals surface area contributed by atoms with Crippen LogP contribution in [0.25, 0.3) is 0 Å². The van der Waals surface area contributed by atoms with Gasteiger partial charge in [-0.2, -0.15) is 0 Å². The second-order valence-corrected chi connectivity index (χ2v) is 4.74. The molecular formula is C11H19N3O. The zero-order valence-electron chi connectivity index (χ0n) is 9.23. The molecule has 4 heteroatoms. The molecule has 1 aliphatic carbocycles. The molecule has 84 valence electrons. The minimum atomic E-state index is -0.360. The van der Waals surface area contributed by atoms with E-state index in [0.717, 1.165) is 31.6 Å². The number of urea groups is 1. The molecule has 1 aliphatic heterocycles. The molecule has 4 nitrogen and oxygen atoms in total. The van der Waals surface area contributed by atoms with Crippen LogP contribution in [-0.2, 0) is 0 Å². The SMILES string of the molecule is CCC1CCCC2(CC1)NC(=O)NC2=N. The average molecular weight is 209 g/mol. The van der Waals surface area contributed by atoms with Crippen LogP contribution >= 0.6 is 0 Å². The molecule has 2 unspecified atom stereocenters. The molecule has 0 bridgehead atoms. The minimum Gasteiger partial charge on any atom is -0.325 e. The minimum absolute atomic E-state index is 0.199. The molecule has 1 saturated carbocycles. The van der Waals surface area contributed by atoms with E-state index in [2.05, 4.69) is 17.6 Å². The van der Waals surface area contributed by atoms with E-state index >= 15 is 0 Å². The Balaban J connectivity index is 2.09. The maximum absolute atomic E-state index is 11.2. The van der Waals surface area contributed by atoms with E-state index < -0.39 is 0 Å². The molecule has 2 aliphatic rings. The van der Waals surface area contributed by atoms with Crippen LogP contribution in [-0.4, -0.2) is 17.4 Å². The number of amidine groups is 1. The Morgan fingerprint density at radius 2 is 2.27 bits per heavy atom. The van der Waals surface area contributed by atoms with E-state index in [1.165, 1.54) is 12.8 Å². The van der Waals surface area contributed by atoms with Crippen molar-refractivity contribution in [1.29, 1.82) is 5.41 Å². The Morgan fingerprint density at radius 3 is 2.87 bits per heavy atom. The van der Waals surface area contributed by atoms with Crippen molar-refractivity contribution in [1.82, 2.24) is 10.6 Å². The molecular weight excluding hydrogens is 190 g/mol. The van der Waals surface area contributed by atoms with Gasteiger partial charge in [0.15, 0.2) is 0 Å². The van der Waals surface area contributed by atoms with Gasteiger partial charge in [0.1, 0.15) is 5.84 Å². The van der Waals surface area contributed by atoms with E-state index in [0.29, 0.717) is 5.84 Å². The van der Waals surface area contributed by atoms with E-state index in [1.54, 1.807) is 0 Å². The highest BCUT2D eigenvalue weighted by Gasteiger charge is 2.43. The van der Waals surface area contributed by atoms with E-state index in [4.69, 9.17) is 5.41 Å². The Hall–Kier alpha value is -1.06. The van der Waals surface area contributed by atoms with Gasteiger partial charge in [-0.25, -0.2) is 4.79 Å². The second kappa shape index (κ2) is 3.83. The van der Waals surface area contributed by atoms with E-state index in [9.17, 15) is 4.79 Å². The van der Waals surface area contributed by atoms with Gasteiger partial charge in [-0.15, -0.1) is 0 Å². The third-order valence-corrected chi connectivity index (χ3v) is 3.84. The van der Waals surface area contributed by atoms with Crippen molar-refractivity contribution in [2.45, 2.75) is 51.0 Å². The van der Waals surface area contributed by atoms with Gasteiger partial charge in [-0.3, -0.25) is 10.7 Å². The third-order valence-electron chi connectivity index (χ3n) is 3.84. The first-order chi connectivity index (χ1) is 7.16. The highest BCUT2D eigenvalue weighted by molar-refractivity contribution is 6.08. The summed E-state index contributed by atoms with van der Waals surface area (Å²) >= 11 is 0. The smallest absolute Gasteiger partial charge is 0.321 e. The molecule has 0 aromatic carbocycles. The third kappa shape index (κ3) is 1.85. The molecule has 3 N–H and O–H groups in total. The first-order valence-corrected chi connectivity index (χ1v) is 5.84. The number of nitrogens with one attached hydrogen (secondary N) is 3. The Labute approximate surface area is 90.3 Å². The summed E-state index contributed by atoms with van der Waals surface area (Å²) in [7, 11) is 0. The van der Waals surface area contributed by atoms with Gasteiger partial charge in [0, 0.05) is 0 Å². The van der Waals surface area contributed by atoms with Gasteiger partial charge in [-0.05, 0) is 25.2 Å². The van der Waals surface area contributed by atoms with Crippen molar-refractivity contribution in [3.05, 3.63) is 0 Å². The van der Waals surface area contributed by atoms with Gasteiger partial charge in [0.2, 0.25) is 0 Å². The van der Waals surface area contributed by atoms with Crippen LogP contribution in [0.5, 0.6) is 0 Å². The first-order valence-electron chi connectivity index (χ1n) is 5.84. The topological polar surface area (TPSA) is 65.0 Å². The molecule has 1 heterocycles. The standard InChI is InChI=1S/C11H19N3O/c1-2-8-4-3-6-11(7-5-8)9(12)13-10(15)14-11/h8H,2-7H2,1H3,(H3,12,13,14,15). The van der Waals surface area contributed by atoms with Crippen LogP contribution in [0.4, 0.5) is 4.79 Å². The zero-order chi connectivity index (χ0) is 10.9. The maximum Gasteiger partial charge on any atom is 0.321 e. The number of carbonyl (C=O) groups excluding carboxylic acids is 1. The van der Waals surface area contributed by atoms with Crippen molar-refractivity contribution in [3.63, 3.8) is 0 Å². The molecule has 0 radical (unpaired) electrons. The van der Waals surface area contributed by atoms with Crippen molar-refractivity contribution >= 4 is 11.9 Å². The monoisotopic (exact) mass is 209 g/mol. The van der Waals surface area contributed by atoms with Crippen LogP contribution in [0, 0.1) is 11.3 Å². The molecule has 1 saturated heterocycles. The summed E-state index contributed by atoms with van der Waals surface area (Å²) < 4.78 is 0. The Kier molecular flexibility index (Phi) is 2.67. The second-order valence-electron chi connectivity index (χ2n) is 4.74. The summed E-state index contributed by atoms with van der Waals surface area (Å²) in [6.45, 7) is 2.22. The number of hydrogen-bond acceptors (Lipinski definition) is 2. The van der Waals surface area contributed by atoms with Crippen molar-refractivity contribution in [2.75, 3.05) is 0 Å². The predicted octanol–water partition coefficient (Wildman–Crippen LogP) is 2.01. The van der Waals surface area contributed by atoms with Crippen LogP contribution < -0.4 is 10.6 Å². The summed E-state index contributed by atoms with van der Waals surface area (Å²) in [4.78, 5) is 11.2. The normalized spacial score (nSPS) is 36.2. The molecule has 2 fully saturated rings. The van der Waals surface area contributed by atoms with E-state index in [-0.39, 0.29) is 11.6 Å². The van der Waals surface area contributed by atoms with Crippen molar-refractivity contribution in [2.24, 2.45) is 5.92 Å². The predicted molar refractivity (Wildman–Crippen MR) is 59.0 cm³/mol. The van der Waals surface area contributed by atoms with Gasteiger partial charge < -0.3 is 5.32 Å². The summed E-state index contributed by atoms with van der Waals surface area (Å²) in [6.07, 6.45) is 6.53. The highest BCUT2D eigenvalue weighted by atomic mass is 16.2. The van der Waals surface area contributed by atoms with Crippen molar-refractivity contribution in [3.8, 4) is 0 Å². The van der Waals surface area contributed by atoms with Gasteiger partial charge in [-0.1, -0.05) is 26.2 Å². The molecule has 15 heavy (non-hydrogen) atoms. The maximum atomic E-state index is 11.2. The molecule has 0 aromatic rings. The van der Waals surface area contributed by atoms with Crippen LogP contribution in [0.3, 0.4) is 0 Å². The van der Waals surface area contributed by atoms with Crippen LogP contribution in [0.2, 0.25) is 0 Å². The highest BCUT2D eigenvalue weighted by Crippen LogP contribution is 2.33. The van der Waals surface area contributed by atoms with Gasteiger partial charge >= 0.3 is 6.03 Å². The lowest BCUT2D eigenvalue weighted by atomic mass is 9.89. The Bertz CT molecular complexity index is 290. The van der Waals surface area contributed by atoms with Crippen molar-refractivity contribution < 1.29 is 4.79 Å². The molecule has 2 atom stereocenters. The quantitative estimate of drug-likeness (QED) is 0.607. The molecule has 0 aromatic heterocycles. The summed E-state index contributed by atoms with van der Waals surface area (Å²) in [5, 5.41) is 13.3. The molecule has 2 amide bonds. The molecule has 2 rings (SSSR count). The fourth-order valence-corrected chi connectivity index (χ4v) is 2.74. The number of rotatable bonds is 1. The summed E-state index contributed by atoms with van der Waals surface area (Å²) in [6, 6.07) is -0.199. The Morgan fingerprint density at radius 1 is 1.47 bits per heavy atom.